The van der Waals surface area contributed by atoms with Gasteiger partial charge in [-0.15, -0.1) is 5.10 Å². The van der Waals surface area contributed by atoms with Crippen LogP contribution in [0.15, 0.2) is 6.33 Å². The molecule has 0 unspecified atom stereocenters. The minimum Gasteiger partial charge on any atom is -0.365 e. The first-order chi connectivity index (χ1) is 11.9. The van der Waals surface area contributed by atoms with Crippen LogP contribution in [0.4, 0.5) is 5.82 Å². The van der Waals surface area contributed by atoms with Crippen molar-refractivity contribution in [3.05, 3.63) is 6.33 Å². The predicted molar refractivity (Wildman–Crippen MR) is 97.0 cm³/mol. The summed E-state index contributed by atoms with van der Waals surface area (Å²) in [5.74, 6) is 0.844. The zero-order valence-corrected chi connectivity index (χ0v) is 14.9. The molecule has 6 heteroatoms. The van der Waals surface area contributed by atoms with Gasteiger partial charge >= 0.3 is 0 Å². The molecule has 2 heterocycles. The van der Waals surface area contributed by atoms with E-state index in [1.807, 2.05) is 4.68 Å². The van der Waals surface area contributed by atoms with E-state index in [-0.39, 0.29) is 0 Å². The zero-order chi connectivity index (χ0) is 16.6. The highest BCUT2D eigenvalue weighted by atomic mass is 15.4. The fourth-order valence-corrected chi connectivity index (χ4v) is 3.61. The van der Waals surface area contributed by atoms with Gasteiger partial charge in [0.2, 0.25) is 0 Å². The van der Waals surface area contributed by atoms with Crippen molar-refractivity contribution in [3.63, 3.8) is 0 Å². The third-order valence-electron chi connectivity index (χ3n) is 5.05. The van der Waals surface area contributed by atoms with Crippen LogP contribution < -0.4 is 5.32 Å². The maximum atomic E-state index is 4.44. The molecule has 0 amide bonds. The van der Waals surface area contributed by atoms with Crippen molar-refractivity contribution in [1.29, 1.82) is 0 Å². The van der Waals surface area contributed by atoms with Gasteiger partial charge in [0.05, 0.1) is 0 Å². The summed E-state index contributed by atoms with van der Waals surface area (Å²) in [5, 5.41) is 12.1. The fraction of sp³-hybridized carbons (Fsp3) is 0.778. The Morgan fingerprint density at radius 3 is 2.21 bits per heavy atom. The van der Waals surface area contributed by atoms with Gasteiger partial charge < -0.3 is 5.32 Å². The molecule has 24 heavy (non-hydrogen) atoms. The van der Waals surface area contributed by atoms with Crippen LogP contribution in [0.1, 0.15) is 77.6 Å². The first-order valence-corrected chi connectivity index (χ1v) is 9.69. The number of aryl methyl sites for hydroxylation is 1. The van der Waals surface area contributed by atoms with Crippen LogP contribution in [0.2, 0.25) is 0 Å². The Bertz CT molecular complexity index is 611. The van der Waals surface area contributed by atoms with E-state index in [4.69, 9.17) is 0 Å². The first-order valence-electron chi connectivity index (χ1n) is 9.69. The number of nitrogens with one attached hydrogen (secondary N) is 1. The molecule has 0 atom stereocenters. The van der Waals surface area contributed by atoms with Crippen LogP contribution in [0.3, 0.4) is 0 Å². The number of rotatable bonds is 3. The SMILES string of the molecule is CCn1nnc2c(NC3CCCCCCCCCCC3)ncnc21. The van der Waals surface area contributed by atoms with Crippen molar-refractivity contribution < 1.29 is 0 Å². The average Bonchev–Trinajstić information content (AvgIpc) is 3.01. The monoisotopic (exact) mass is 330 g/mol. The second kappa shape index (κ2) is 8.94. The smallest absolute Gasteiger partial charge is 0.183 e. The number of anilines is 1. The minimum atomic E-state index is 0.481. The highest BCUT2D eigenvalue weighted by Crippen LogP contribution is 2.22. The summed E-state index contributed by atoms with van der Waals surface area (Å²) < 4.78 is 1.82. The molecule has 0 bridgehead atoms. The van der Waals surface area contributed by atoms with Crippen LogP contribution in [0, 0.1) is 0 Å². The van der Waals surface area contributed by atoms with Crippen LogP contribution in [0.25, 0.3) is 11.2 Å². The third-order valence-corrected chi connectivity index (χ3v) is 5.05. The molecule has 6 nitrogen and oxygen atoms in total. The van der Waals surface area contributed by atoms with Gasteiger partial charge in [0.15, 0.2) is 17.0 Å². The van der Waals surface area contributed by atoms with Crippen molar-refractivity contribution in [1.82, 2.24) is 25.0 Å². The topological polar surface area (TPSA) is 68.5 Å². The first kappa shape index (κ1) is 17.1. The molecule has 2 aromatic rings. The molecule has 132 valence electrons. The average molecular weight is 330 g/mol. The summed E-state index contributed by atoms with van der Waals surface area (Å²) in [5.41, 5.74) is 1.62. The van der Waals surface area contributed by atoms with Gasteiger partial charge in [0.1, 0.15) is 6.33 Å². The van der Waals surface area contributed by atoms with Gasteiger partial charge in [-0.3, -0.25) is 0 Å². The van der Waals surface area contributed by atoms with Crippen LogP contribution in [-0.2, 0) is 6.54 Å². The van der Waals surface area contributed by atoms with Crippen molar-refractivity contribution in [2.24, 2.45) is 0 Å². The van der Waals surface area contributed by atoms with E-state index in [1.54, 1.807) is 6.33 Å². The largest absolute Gasteiger partial charge is 0.365 e. The van der Waals surface area contributed by atoms with E-state index >= 15 is 0 Å². The van der Waals surface area contributed by atoms with Crippen molar-refractivity contribution >= 4 is 17.0 Å². The van der Waals surface area contributed by atoms with Gasteiger partial charge in [-0.2, -0.15) is 0 Å². The Balaban J connectivity index is 1.68. The summed E-state index contributed by atoms with van der Waals surface area (Å²) >= 11 is 0. The van der Waals surface area contributed by atoms with Gasteiger partial charge in [0, 0.05) is 12.6 Å². The Kier molecular flexibility index (Phi) is 6.38. The van der Waals surface area contributed by atoms with Crippen molar-refractivity contribution in [3.8, 4) is 0 Å². The van der Waals surface area contributed by atoms with E-state index in [2.05, 4.69) is 32.5 Å². The van der Waals surface area contributed by atoms with E-state index in [0.717, 1.165) is 23.5 Å². The second-order valence-electron chi connectivity index (χ2n) is 6.90. The molecular weight excluding hydrogens is 300 g/mol. The van der Waals surface area contributed by atoms with Crippen LogP contribution >= 0.6 is 0 Å². The molecule has 0 radical (unpaired) electrons. The second-order valence-corrected chi connectivity index (χ2v) is 6.90. The lowest BCUT2D eigenvalue weighted by atomic mass is 9.98. The van der Waals surface area contributed by atoms with Gasteiger partial charge in [-0.05, 0) is 19.8 Å². The fourth-order valence-electron chi connectivity index (χ4n) is 3.61. The maximum absolute atomic E-state index is 4.44. The Hall–Kier alpha value is -1.72. The lowest BCUT2D eigenvalue weighted by molar-refractivity contribution is 0.480. The highest BCUT2D eigenvalue weighted by Gasteiger charge is 2.15. The molecule has 1 fully saturated rings. The molecule has 2 aromatic heterocycles. The van der Waals surface area contributed by atoms with Crippen molar-refractivity contribution in [2.75, 3.05) is 5.32 Å². The van der Waals surface area contributed by atoms with Crippen molar-refractivity contribution in [2.45, 2.75) is 90.1 Å². The lowest BCUT2D eigenvalue weighted by Crippen LogP contribution is -2.20. The number of hydrogen-bond donors (Lipinski definition) is 1. The Labute approximate surface area is 144 Å². The Morgan fingerprint density at radius 1 is 0.958 bits per heavy atom. The van der Waals surface area contributed by atoms with Crippen LogP contribution in [-0.4, -0.2) is 31.0 Å². The summed E-state index contributed by atoms with van der Waals surface area (Å²) in [6.45, 7) is 2.83. The molecule has 0 saturated heterocycles. The predicted octanol–water partition coefficient (Wildman–Crippen LogP) is 4.33. The summed E-state index contributed by atoms with van der Waals surface area (Å²) in [6, 6.07) is 0.481. The summed E-state index contributed by atoms with van der Waals surface area (Å²) in [6.07, 6.45) is 16.4. The Morgan fingerprint density at radius 2 is 1.58 bits per heavy atom. The van der Waals surface area contributed by atoms with Gasteiger partial charge in [0.25, 0.3) is 0 Å². The molecule has 3 rings (SSSR count). The standard InChI is InChI=1S/C18H30N6/c1-2-24-18-16(22-23-24)17(19-14-20-18)21-15-12-10-8-6-4-3-5-7-9-11-13-15/h14-15H,2-13H2,1H3,(H,19,20,21). The number of fused-ring (bicyclic) bond motifs is 1. The lowest BCUT2D eigenvalue weighted by Gasteiger charge is -2.20. The molecule has 1 aliphatic rings. The van der Waals surface area contributed by atoms with E-state index in [9.17, 15) is 0 Å². The quantitative estimate of drug-likeness (QED) is 0.907. The highest BCUT2D eigenvalue weighted by molar-refractivity contribution is 5.81. The molecular formula is C18H30N6. The number of nitrogens with zero attached hydrogens (tertiary/aromatic N) is 5. The minimum absolute atomic E-state index is 0.481. The molecule has 1 aliphatic carbocycles. The number of hydrogen-bond acceptors (Lipinski definition) is 5. The molecule has 0 aromatic carbocycles. The zero-order valence-electron chi connectivity index (χ0n) is 14.9. The third kappa shape index (κ3) is 4.42. The van der Waals surface area contributed by atoms with E-state index < -0.39 is 0 Å². The molecule has 0 aliphatic heterocycles. The van der Waals surface area contributed by atoms with Gasteiger partial charge in [-0.1, -0.05) is 63.0 Å². The van der Waals surface area contributed by atoms with Crippen LogP contribution in [0.5, 0.6) is 0 Å². The maximum Gasteiger partial charge on any atom is 0.183 e. The molecule has 0 spiro atoms. The van der Waals surface area contributed by atoms with Gasteiger partial charge in [-0.25, -0.2) is 14.6 Å². The number of aromatic nitrogens is 5. The van der Waals surface area contributed by atoms with E-state index in [0.29, 0.717) is 6.04 Å². The molecule has 1 N–H and O–H groups in total. The summed E-state index contributed by atoms with van der Waals surface area (Å²) in [4.78, 5) is 8.78. The molecule has 1 saturated carbocycles. The normalized spacial score (nSPS) is 18.9. The summed E-state index contributed by atoms with van der Waals surface area (Å²) in [7, 11) is 0. The van der Waals surface area contributed by atoms with E-state index in [1.165, 1.54) is 70.6 Å².